The molecule has 1 aliphatic heterocycles. The molecule has 1 atom stereocenters. The number of aliphatic hydroxyl groups is 1. The number of benzene rings is 2. The molecule has 1 heterocycles. The van der Waals surface area contributed by atoms with Gasteiger partial charge in [-0.3, -0.25) is 9.59 Å². The van der Waals surface area contributed by atoms with Crippen molar-refractivity contribution >= 4 is 33.4 Å². The zero-order valence-electron chi connectivity index (χ0n) is 18.3. The minimum absolute atomic E-state index is 0.0862. The van der Waals surface area contributed by atoms with E-state index in [2.05, 4.69) is 22.5 Å². The van der Waals surface area contributed by atoms with Gasteiger partial charge in [-0.2, -0.15) is 0 Å². The second-order valence-corrected chi connectivity index (χ2v) is 8.74. The van der Waals surface area contributed by atoms with Crippen LogP contribution in [0.15, 0.2) is 71.2 Å². The molecule has 1 saturated heterocycles. The first-order chi connectivity index (χ1) is 15.3. The fraction of sp³-hybridized carbons (Fsp3) is 0.280. The van der Waals surface area contributed by atoms with Crippen LogP contribution in [0.3, 0.4) is 0 Å². The Morgan fingerprint density at radius 2 is 1.94 bits per heavy atom. The lowest BCUT2D eigenvalue weighted by Gasteiger charge is -2.26. The van der Waals surface area contributed by atoms with E-state index >= 15 is 0 Å². The average molecular weight is 499 g/mol. The summed E-state index contributed by atoms with van der Waals surface area (Å²) in [5.74, 6) is -0.874. The summed E-state index contributed by atoms with van der Waals surface area (Å²) in [5, 5.41) is 11.1. The summed E-state index contributed by atoms with van der Waals surface area (Å²) in [6.07, 6.45) is 2.34. The quantitative estimate of drug-likeness (QED) is 0.240. The van der Waals surface area contributed by atoms with Crippen LogP contribution in [0.2, 0.25) is 0 Å². The van der Waals surface area contributed by atoms with Gasteiger partial charge >= 0.3 is 0 Å². The molecule has 32 heavy (non-hydrogen) atoms. The number of likely N-dealkylation sites (tertiary alicyclic amines) is 1. The topological polar surface area (TPSA) is 70.1 Å². The number of amides is 1. The molecule has 0 saturated carbocycles. The van der Waals surface area contributed by atoms with Crippen LogP contribution in [-0.4, -0.2) is 60.4 Å². The zero-order chi connectivity index (χ0) is 23.3. The second-order valence-electron chi connectivity index (χ2n) is 7.83. The smallest absolute Gasteiger partial charge is 0.295 e. The number of ketones is 1. The van der Waals surface area contributed by atoms with Gasteiger partial charge in [0.25, 0.3) is 11.7 Å². The van der Waals surface area contributed by atoms with Crippen LogP contribution in [-0.2, 0) is 9.59 Å². The third kappa shape index (κ3) is 5.29. The van der Waals surface area contributed by atoms with Crippen LogP contribution in [0.1, 0.15) is 23.6 Å². The molecule has 0 radical (unpaired) electrons. The Hall–Kier alpha value is -2.90. The van der Waals surface area contributed by atoms with Gasteiger partial charge in [0.1, 0.15) is 18.1 Å². The van der Waals surface area contributed by atoms with E-state index in [0.717, 1.165) is 11.0 Å². The predicted molar refractivity (Wildman–Crippen MR) is 128 cm³/mol. The Bertz CT molecular complexity index is 1030. The Morgan fingerprint density at radius 3 is 2.59 bits per heavy atom. The third-order valence-electron chi connectivity index (χ3n) is 5.20. The number of aliphatic hydroxyl groups excluding tert-OH is 1. The molecule has 1 aliphatic rings. The molecule has 3 rings (SSSR count). The van der Waals surface area contributed by atoms with Crippen molar-refractivity contribution in [2.24, 2.45) is 0 Å². The lowest BCUT2D eigenvalue weighted by molar-refractivity contribution is -0.139. The molecule has 2 aromatic carbocycles. The van der Waals surface area contributed by atoms with Crippen LogP contribution in [0.25, 0.3) is 5.76 Å². The predicted octanol–water partition coefficient (Wildman–Crippen LogP) is 4.39. The molecular formula is C25H27BrN2O4. The minimum atomic E-state index is -0.701. The van der Waals surface area contributed by atoms with Crippen LogP contribution in [0, 0.1) is 0 Å². The summed E-state index contributed by atoms with van der Waals surface area (Å²) >= 11 is 3.37. The van der Waals surface area contributed by atoms with Gasteiger partial charge in [0.05, 0.1) is 11.6 Å². The lowest BCUT2D eigenvalue weighted by Crippen LogP contribution is -2.32. The van der Waals surface area contributed by atoms with Crippen molar-refractivity contribution in [3.8, 4) is 5.75 Å². The van der Waals surface area contributed by atoms with Gasteiger partial charge in [0.15, 0.2) is 0 Å². The van der Waals surface area contributed by atoms with Crippen molar-refractivity contribution in [1.29, 1.82) is 0 Å². The molecule has 7 heteroatoms. The summed E-state index contributed by atoms with van der Waals surface area (Å²) < 4.78 is 6.50. The number of hydrogen-bond acceptors (Lipinski definition) is 5. The SMILES string of the molecule is C=CCOc1cccc([C@H]2/C(=C(\O)c3ccc(Br)cc3)C(=O)C(=O)N2CCCN(C)C)c1. The highest BCUT2D eigenvalue weighted by Gasteiger charge is 2.45. The Labute approximate surface area is 196 Å². The number of rotatable bonds is 9. The maximum atomic E-state index is 13.1. The molecule has 0 bridgehead atoms. The highest BCUT2D eigenvalue weighted by molar-refractivity contribution is 9.10. The Kier molecular flexibility index (Phi) is 7.88. The molecule has 0 aliphatic carbocycles. The van der Waals surface area contributed by atoms with E-state index in [1.54, 1.807) is 47.4 Å². The van der Waals surface area contributed by atoms with Gasteiger partial charge in [0, 0.05) is 16.6 Å². The number of hydrogen-bond donors (Lipinski definition) is 1. The normalized spacial score (nSPS) is 17.8. The molecule has 0 aromatic heterocycles. The summed E-state index contributed by atoms with van der Waals surface area (Å²) in [7, 11) is 3.92. The molecule has 0 unspecified atom stereocenters. The molecule has 2 aromatic rings. The number of halogens is 1. The van der Waals surface area contributed by atoms with Crippen molar-refractivity contribution in [3.05, 3.63) is 82.4 Å². The maximum Gasteiger partial charge on any atom is 0.295 e. The first-order valence-corrected chi connectivity index (χ1v) is 11.2. The van der Waals surface area contributed by atoms with E-state index in [-0.39, 0.29) is 11.3 Å². The third-order valence-corrected chi connectivity index (χ3v) is 5.73. The van der Waals surface area contributed by atoms with Gasteiger partial charge in [-0.1, -0.05) is 52.9 Å². The number of carbonyl (C=O) groups excluding carboxylic acids is 2. The fourth-order valence-corrected chi connectivity index (χ4v) is 3.97. The molecule has 1 N–H and O–H groups in total. The van der Waals surface area contributed by atoms with Crippen LogP contribution >= 0.6 is 15.9 Å². The number of nitrogens with zero attached hydrogens (tertiary/aromatic N) is 2. The molecule has 1 amide bonds. The van der Waals surface area contributed by atoms with E-state index < -0.39 is 17.7 Å². The first kappa shape index (κ1) is 23.8. The number of carbonyl (C=O) groups is 2. The van der Waals surface area contributed by atoms with E-state index in [1.165, 1.54) is 0 Å². The Balaban J connectivity index is 2.08. The van der Waals surface area contributed by atoms with Crippen molar-refractivity contribution in [1.82, 2.24) is 9.80 Å². The lowest BCUT2D eigenvalue weighted by atomic mass is 9.95. The van der Waals surface area contributed by atoms with Gasteiger partial charge < -0.3 is 19.6 Å². The first-order valence-electron chi connectivity index (χ1n) is 10.4. The number of Topliss-reactive ketones (excluding diaryl/α,β-unsaturated/α-hetero) is 1. The molecule has 6 nitrogen and oxygen atoms in total. The van der Waals surface area contributed by atoms with Gasteiger partial charge in [-0.25, -0.2) is 0 Å². The zero-order valence-corrected chi connectivity index (χ0v) is 19.8. The fourth-order valence-electron chi connectivity index (χ4n) is 3.71. The van der Waals surface area contributed by atoms with Crippen molar-refractivity contribution in [2.45, 2.75) is 12.5 Å². The summed E-state index contributed by atoms with van der Waals surface area (Å²) in [6, 6.07) is 13.5. The highest BCUT2D eigenvalue weighted by atomic mass is 79.9. The van der Waals surface area contributed by atoms with E-state index in [4.69, 9.17) is 4.74 Å². The average Bonchev–Trinajstić information content (AvgIpc) is 3.02. The van der Waals surface area contributed by atoms with Crippen molar-refractivity contribution in [3.63, 3.8) is 0 Å². The van der Waals surface area contributed by atoms with Crippen LogP contribution in [0.4, 0.5) is 0 Å². The van der Waals surface area contributed by atoms with Crippen molar-refractivity contribution < 1.29 is 19.4 Å². The second kappa shape index (κ2) is 10.6. The molecule has 1 fully saturated rings. The van der Waals surface area contributed by atoms with E-state index in [0.29, 0.717) is 36.4 Å². The van der Waals surface area contributed by atoms with Gasteiger partial charge in [-0.05, 0) is 56.9 Å². The highest BCUT2D eigenvalue weighted by Crippen LogP contribution is 2.40. The monoisotopic (exact) mass is 498 g/mol. The van der Waals surface area contributed by atoms with E-state index in [1.807, 2.05) is 31.1 Å². The van der Waals surface area contributed by atoms with Crippen molar-refractivity contribution in [2.75, 3.05) is 33.8 Å². The molecule has 168 valence electrons. The summed E-state index contributed by atoms with van der Waals surface area (Å²) in [6.45, 7) is 5.16. The van der Waals surface area contributed by atoms with Gasteiger partial charge in [0.2, 0.25) is 0 Å². The standard InChI is InChI=1S/C25H27BrN2O4/c1-4-15-32-20-8-5-7-18(16-20)22-21(23(29)17-9-11-19(26)12-10-17)24(30)25(31)28(22)14-6-13-27(2)3/h4-5,7-12,16,22,29H,1,6,13-15H2,2-3H3/b23-21+/t22-/m0/s1. The van der Waals surface area contributed by atoms with E-state index in [9.17, 15) is 14.7 Å². The van der Waals surface area contributed by atoms with Crippen LogP contribution < -0.4 is 4.74 Å². The van der Waals surface area contributed by atoms with Gasteiger partial charge in [-0.15, -0.1) is 0 Å². The molecule has 0 spiro atoms. The number of ether oxygens (including phenoxy) is 1. The minimum Gasteiger partial charge on any atom is -0.507 e. The van der Waals surface area contributed by atoms with Crippen LogP contribution in [0.5, 0.6) is 5.75 Å². The largest absolute Gasteiger partial charge is 0.507 e. The summed E-state index contributed by atoms with van der Waals surface area (Å²) in [5.41, 5.74) is 1.26. The summed E-state index contributed by atoms with van der Waals surface area (Å²) in [4.78, 5) is 29.6. The maximum absolute atomic E-state index is 13.1. The Morgan fingerprint density at radius 1 is 1.22 bits per heavy atom. The molecular weight excluding hydrogens is 472 g/mol.